The van der Waals surface area contributed by atoms with Crippen LogP contribution in [0.4, 0.5) is 0 Å². The first-order valence-electron chi connectivity index (χ1n) is 5.84. The highest BCUT2D eigenvalue weighted by atomic mass is 35.5. The average Bonchev–Trinajstić information content (AvgIpc) is 2.43. The molecule has 100 valence electrons. The van der Waals surface area contributed by atoms with Crippen LogP contribution in [0.15, 0.2) is 29.6 Å². The first-order chi connectivity index (χ1) is 9.13. The van der Waals surface area contributed by atoms with E-state index in [1.807, 2.05) is 0 Å². The maximum atomic E-state index is 12.3. The summed E-state index contributed by atoms with van der Waals surface area (Å²) in [5, 5.41) is 15.9. The lowest BCUT2D eigenvalue weighted by molar-refractivity contribution is -0.104. The van der Waals surface area contributed by atoms with E-state index in [1.165, 1.54) is 18.2 Å². The van der Waals surface area contributed by atoms with E-state index < -0.39 is 5.78 Å². The van der Waals surface area contributed by atoms with Gasteiger partial charge < -0.3 is 15.7 Å². The first kappa shape index (κ1) is 13.4. The van der Waals surface area contributed by atoms with E-state index in [2.05, 4.69) is 10.6 Å². The maximum Gasteiger partial charge on any atom is 0.203 e. The van der Waals surface area contributed by atoms with Crippen LogP contribution >= 0.6 is 11.6 Å². The van der Waals surface area contributed by atoms with Gasteiger partial charge in [-0.1, -0.05) is 11.6 Å². The number of phenolic OH excluding ortho intramolecular Hbond substituents is 1. The molecular weight excluding hydrogens is 268 g/mol. The fourth-order valence-corrected chi connectivity index (χ4v) is 2.00. The molecule has 19 heavy (non-hydrogen) atoms. The summed E-state index contributed by atoms with van der Waals surface area (Å²) in [4.78, 5) is 23.4. The van der Waals surface area contributed by atoms with E-state index in [0.717, 1.165) is 6.42 Å². The minimum atomic E-state index is -0.563. The third kappa shape index (κ3) is 2.88. The Balaban J connectivity index is 2.40. The Hall–Kier alpha value is -2.01. The van der Waals surface area contributed by atoms with Crippen LogP contribution in [0.5, 0.6) is 5.75 Å². The molecule has 0 aliphatic carbocycles. The van der Waals surface area contributed by atoms with Crippen molar-refractivity contribution in [2.24, 2.45) is 0 Å². The number of rotatable bonds is 3. The van der Waals surface area contributed by atoms with E-state index >= 15 is 0 Å². The zero-order chi connectivity index (χ0) is 13.8. The molecule has 1 aromatic rings. The number of hydrogen-bond acceptors (Lipinski definition) is 5. The lowest BCUT2D eigenvalue weighted by atomic mass is 10.0. The molecule has 0 aromatic heterocycles. The van der Waals surface area contributed by atoms with Crippen LogP contribution in [0.1, 0.15) is 16.8 Å². The molecule has 0 radical (unpaired) electrons. The Bertz CT molecular complexity index is 547. The largest absolute Gasteiger partial charge is 0.507 e. The van der Waals surface area contributed by atoms with Crippen molar-refractivity contribution in [3.8, 4) is 5.75 Å². The number of ketones is 1. The second-order valence-electron chi connectivity index (χ2n) is 4.10. The summed E-state index contributed by atoms with van der Waals surface area (Å²) in [6.07, 6.45) is 1.38. The van der Waals surface area contributed by atoms with Gasteiger partial charge in [-0.05, 0) is 24.6 Å². The Morgan fingerprint density at radius 1 is 1.32 bits per heavy atom. The number of nitrogens with one attached hydrogen (secondary N) is 2. The lowest BCUT2D eigenvalue weighted by Gasteiger charge is -2.20. The number of hydrogen-bond donors (Lipinski definition) is 3. The molecule has 0 unspecified atom stereocenters. The summed E-state index contributed by atoms with van der Waals surface area (Å²) in [6, 6.07) is 4.13. The van der Waals surface area contributed by atoms with Gasteiger partial charge in [0.1, 0.15) is 17.1 Å². The molecular formula is C13H13ClN2O3. The summed E-state index contributed by atoms with van der Waals surface area (Å²) in [5.41, 5.74) is -0.0338. The van der Waals surface area contributed by atoms with Crippen molar-refractivity contribution < 1.29 is 14.7 Å². The smallest absolute Gasteiger partial charge is 0.203 e. The molecule has 1 aliphatic rings. The van der Waals surface area contributed by atoms with Gasteiger partial charge in [0.05, 0.1) is 5.56 Å². The zero-order valence-corrected chi connectivity index (χ0v) is 10.8. The van der Waals surface area contributed by atoms with Crippen LogP contribution in [0.3, 0.4) is 0 Å². The Morgan fingerprint density at radius 3 is 2.63 bits per heavy atom. The standard InChI is InChI=1S/C13H13ClN2O3/c14-8-2-3-11(18)9(6-8)12(19)10(7-17)13-15-4-1-5-16-13/h2-3,6-7,15-16,18H,1,4-5H2. The number of allylic oxidation sites excluding steroid dienone is 1. The molecule has 5 nitrogen and oxygen atoms in total. The lowest BCUT2D eigenvalue weighted by Crippen LogP contribution is -2.37. The van der Waals surface area contributed by atoms with Crippen molar-refractivity contribution in [2.45, 2.75) is 6.42 Å². The molecule has 6 heteroatoms. The summed E-state index contributed by atoms with van der Waals surface area (Å²) >= 11 is 5.80. The number of carbonyl (C=O) groups is 2. The molecule has 0 atom stereocenters. The fraction of sp³-hybridized carbons (Fsp3) is 0.231. The van der Waals surface area contributed by atoms with Crippen molar-refractivity contribution in [1.82, 2.24) is 10.6 Å². The summed E-state index contributed by atoms with van der Waals surface area (Å²) in [7, 11) is 0. The van der Waals surface area contributed by atoms with E-state index in [1.54, 1.807) is 0 Å². The first-order valence-corrected chi connectivity index (χ1v) is 6.21. The summed E-state index contributed by atoms with van der Waals surface area (Å²) in [6.45, 7) is 1.38. The van der Waals surface area contributed by atoms with Crippen LogP contribution < -0.4 is 10.6 Å². The number of halogens is 1. The predicted octanol–water partition coefficient (Wildman–Crippen LogP) is 1.22. The third-order valence-corrected chi connectivity index (χ3v) is 3.03. The van der Waals surface area contributed by atoms with Gasteiger partial charge in [-0.2, -0.15) is 0 Å². The molecule has 0 bridgehead atoms. The van der Waals surface area contributed by atoms with Gasteiger partial charge >= 0.3 is 0 Å². The van der Waals surface area contributed by atoms with Crippen molar-refractivity contribution in [2.75, 3.05) is 13.1 Å². The molecule has 3 N–H and O–H groups in total. The monoisotopic (exact) mass is 280 g/mol. The Labute approximate surface area is 115 Å². The molecule has 0 spiro atoms. The highest BCUT2D eigenvalue weighted by Crippen LogP contribution is 2.24. The summed E-state index contributed by atoms with van der Waals surface area (Å²) < 4.78 is 0. The average molecular weight is 281 g/mol. The zero-order valence-electron chi connectivity index (χ0n) is 10.1. The number of aldehydes is 1. The van der Waals surface area contributed by atoms with E-state index in [9.17, 15) is 14.7 Å². The van der Waals surface area contributed by atoms with Gasteiger partial charge in [0.25, 0.3) is 0 Å². The fourth-order valence-electron chi connectivity index (χ4n) is 1.83. The van der Waals surface area contributed by atoms with Gasteiger partial charge in [0.2, 0.25) is 5.78 Å². The van der Waals surface area contributed by atoms with E-state index in [4.69, 9.17) is 11.6 Å². The number of benzene rings is 1. The van der Waals surface area contributed by atoms with Crippen molar-refractivity contribution in [3.05, 3.63) is 40.2 Å². The van der Waals surface area contributed by atoms with Crippen LogP contribution in [0.2, 0.25) is 5.02 Å². The molecule has 1 aromatic carbocycles. The molecule has 1 saturated heterocycles. The van der Waals surface area contributed by atoms with Crippen LogP contribution in [-0.2, 0) is 4.79 Å². The van der Waals surface area contributed by atoms with Crippen LogP contribution in [-0.4, -0.2) is 30.3 Å². The number of carbonyl (C=O) groups excluding carboxylic acids is 2. The summed E-state index contributed by atoms with van der Waals surface area (Å²) in [5.74, 6) is -0.373. The topological polar surface area (TPSA) is 78.4 Å². The number of phenols is 1. The van der Waals surface area contributed by atoms with Crippen LogP contribution in [0, 0.1) is 0 Å². The van der Waals surface area contributed by atoms with Gasteiger partial charge in [0.15, 0.2) is 6.29 Å². The molecule has 1 aliphatic heterocycles. The van der Waals surface area contributed by atoms with Crippen LogP contribution in [0.25, 0.3) is 0 Å². The van der Waals surface area contributed by atoms with Crippen molar-refractivity contribution in [1.29, 1.82) is 0 Å². The maximum absolute atomic E-state index is 12.3. The number of aromatic hydroxyl groups is 1. The minimum Gasteiger partial charge on any atom is -0.507 e. The second kappa shape index (κ2) is 5.75. The third-order valence-electron chi connectivity index (χ3n) is 2.79. The van der Waals surface area contributed by atoms with Crippen molar-refractivity contribution >= 4 is 23.7 Å². The molecule has 2 rings (SSSR count). The van der Waals surface area contributed by atoms with Gasteiger partial charge in [-0.25, -0.2) is 0 Å². The molecule has 0 saturated carbocycles. The van der Waals surface area contributed by atoms with Crippen molar-refractivity contribution in [3.63, 3.8) is 0 Å². The second-order valence-corrected chi connectivity index (χ2v) is 4.54. The van der Waals surface area contributed by atoms with Gasteiger partial charge in [-0.3, -0.25) is 9.59 Å². The van der Waals surface area contributed by atoms with E-state index in [0.29, 0.717) is 30.2 Å². The number of Topliss-reactive ketones (excluding diaryl/α,β-unsaturated/α-hetero) is 1. The minimum absolute atomic E-state index is 0.0104. The SMILES string of the molecule is O=CC(C(=O)c1cc(Cl)ccc1O)=C1NCCCN1. The quantitative estimate of drug-likeness (QED) is 0.255. The molecule has 1 fully saturated rings. The molecule has 1 heterocycles. The highest BCUT2D eigenvalue weighted by molar-refractivity contribution is 6.31. The van der Waals surface area contributed by atoms with Gasteiger partial charge in [-0.15, -0.1) is 0 Å². The molecule has 0 amide bonds. The van der Waals surface area contributed by atoms with Gasteiger partial charge in [0, 0.05) is 18.1 Å². The highest BCUT2D eigenvalue weighted by Gasteiger charge is 2.21. The normalized spacial score (nSPS) is 14.3. The van der Waals surface area contributed by atoms with E-state index in [-0.39, 0.29) is 16.9 Å². The predicted molar refractivity (Wildman–Crippen MR) is 71.2 cm³/mol. The Morgan fingerprint density at radius 2 is 2.00 bits per heavy atom. The Kier molecular flexibility index (Phi) is 4.06.